The first-order chi connectivity index (χ1) is 9.04. The van der Waals surface area contributed by atoms with Crippen molar-refractivity contribution in [1.29, 1.82) is 0 Å². The number of halogens is 4. The van der Waals surface area contributed by atoms with Crippen LogP contribution in [0.4, 0.5) is 0 Å². The summed E-state index contributed by atoms with van der Waals surface area (Å²) in [5, 5.41) is 0.997. The van der Waals surface area contributed by atoms with Crippen LogP contribution in [0, 0.1) is 0 Å². The van der Waals surface area contributed by atoms with Crippen molar-refractivity contribution < 1.29 is 4.74 Å². The van der Waals surface area contributed by atoms with Crippen LogP contribution in [0.15, 0.2) is 36.4 Å². The maximum absolute atomic E-state index is 6.48. The van der Waals surface area contributed by atoms with E-state index in [1.807, 2.05) is 6.07 Å². The predicted molar refractivity (Wildman–Crippen MR) is 82.2 cm³/mol. The molecule has 2 aromatic carbocycles. The Bertz CT molecular complexity index is 598. The lowest BCUT2D eigenvalue weighted by Gasteiger charge is -2.16. The van der Waals surface area contributed by atoms with Crippen molar-refractivity contribution in [2.45, 2.75) is 5.38 Å². The van der Waals surface area contributed by atoms with E-state index in [0.717, 1.165) is 11.1 Å². The lowest BCUT2D eigenvalue weighted by molar-refractivity contribution is 0.410. The van der Waals surface area contributed by atoms with Crippen LogP contribution in [-0.2, 0) is 0 Å². The van der Waals surface area contributed by atoms with Gasteiger partial charge in [0.2, 0.25) is 0 Å². The molecule has 0 bridgehead atoms. The number of rotatable bonds is 3. The van der Waals surface area contributed by atoms with Gasteiger partial charge in [0.05, 0.1) is 22.5 Å². The maximum atomic E-state index is 6.48. The topological polar surface area (TPSA) is 9.23 Å². The van der Waals surface area contributed by atoms with Gasteiger partial charge in [-0.2, -0.15) is 0 Å². The Hall–Kier alpha value is -0.600. The molecule has 0 N–H and O–H groups in total. The van der Waals surface area contributed by atoms with Gasteiger partial charge in [0, 0.05) is 10.6 Å². The Kier molecular flexibility index (Phi) is 4.86. The maximum Gasteiger partial charge on any atom is 0.123 e. The molecule has 5 heteroatoms. The van der Waals surface area contributed by atoms with Gasteiger partial charge in [-0.3, -0.25) is 0 Å². The molecule has 1 atom stereocenters. The van der Waals surface area contributed by atoms with Crippen molar-refractivity contribution in [1.82, 2.24) is 0 Å². The van der Waals surface area contributed by atoms with E-state index >= 15 is 0 Å². The Balaban J connectivity index is 2.52. The molecule has 0 saturated carbocycles. The van der Waals surface area contributed by atoms with E-state index in [0.29, 0.717) is 20.8 Å². The monoisotopic (exact) mass is 334 g/mol. The molecule has 0 aliphatic carbocycles. The summed E-state index contributed by atoms with van der Waals surface area (Å²) in [4.78, 5) is 0. The van der Waals surface area contributed by atoms with Gasteiger partial charge in [-0.1, -0.05) is 46.9 Å². The molecule has 0 aliphatic rings. The summed E-state index contributed by atoms with van der Waals surface area (Å²) in [6.45, 7) is 0. The van der Waals surface area contributed by atoms with Crippen molar-refractivity contribution in [3.05, 3.63) is 62.6 Å². The fourth-order valence-corrected chi connectivity index (χ4v) is 2.79. The van der Waals surface area contributed by atoms with E-state index in [-0.39, 0.29) is 0 Å². The van der Waals surface area contributed by atoms with E-state index in [1.54, 1.807) is 37.4 Å². The third kappa shape index (κ3) is 3.11. The van der Waals surface area contributed by atoms with E-state index in [2.05, 4.69) is 0 Å². The van der Waals surface area contributed by atoms with Gasteiger partial charge in [0.25, 0.3) is 0 Å². The van der Waals surface area contributed by atoms with Crippen LogP contribution in [0.3, 0.4) is 0 Å². The Morgan fingerprint density at radius 2 is 1.74 bits per heavy atom. The average molecular weight is 336 g/mol. The van der Waals surface area contributed by atoms with Gasteiger partial charge in [0.1, 0.15) is 5.75 Å². The molecule has 19 heavy (non-hydrogen) atoms. The minimum absolute atomic E-state index is 0.436. The van der Waals surface area contributed by atoms with Crippen molar-refractivity contribution >= 4 is 46.4 Å². The zero-order valence-electron chi connectivity index (χ0n) is 9.96. The summed E-state index contributed by atoms with van der Waals surface area (Å²) in [7, 11) is 1.58. The second-order valence-corrected chi connectivity index (χ2v) is 5.55. The zero-order valence-corrected chi connectivity index (χ0v) is 13.0. The number of benzene rings is 2. The Morgan fingerprint density at radius 1 is 1.00 bits per heavy atom. The molecule has 100 valence electrons. The Labute approximate surface area is 132 Å². The van der Waals surface area contributed by atoms with Crippen LogP contribution < -0.4 is 4.74 Å². The summed E-state index contributed by atoms with van der Waals surface area (Å²) < 4.78 is 5.29. The van der Waals surface area contributed by atoms with Gasteiger partial charge >= 0.3 is 0 Å². The summed E-state index contributed by atoms with van der Waals surface area (Å²) >= 11 is 24.7. The fraction of sp³-hybridized carbons (Fsp3) is 0.143. The predicted octanol–water partition coefficient (Wildman–Crippen LogP) is 5.98. The molecule has 0 heterocycles. The lowest BCUT2D eigenvalue weighted by atomic mass is 10.0. The Morgan fingerprint density at radius 3 is 2.42 bits per heavy atom. The summed E-state index contributed by atoms with van der Waals surface area (Å²) in [6, 6.07) is 10.6. The standard InChI is InChI=1S/C14H10Cl4O/c1-19-12-6-5-8(15)7-10(12)13(17)9-3-2-4-11(16)14(9)18/h2-7,13H,1H3. The van der Waals surface area contributed by atoms with Gasteiger partial charge in [-0.15, -0.1) is 11.6 Å². The highest BCUT2D eigenvalue weighted by Crippen LogP contribution is 2.41. The van der Waals surface area contributed by atoms with Crippen molar-refractivity contribution in [2.24, 2.45) is 0 Å². The number of ether oxygens (including phenoxy) is 1. The number of hydrogen-bond donors (Lipinski definition) is 0. The summed E-state index contributed by atoms with van der Waals surface area (Å²) in [5.74, 6) is 0.653. The van der Waals surface area contributed by atoms with E-state index in [4.69, 9.17) is 51.1 Å². The van der Waals surface area contributed by atoms with E-state index < -0.39 is 5.38 Å². The van der Waals surface area contributed by atoms with Crippen LogP contribution >= 0.6 is 46.4 Å². The second kappa shape index (κ2) is 6.23. The highest BCUT2D eigenvalue weighted by molar-refractivity contribution is 6.43. The first kappa shape index (κ1) is 14.8. The first-order valence-corrected chi connectivity index (χ1v) is 7.03. The lowest BCUT2D eigenvalue weighted by Crippen LogP contribution is -1.98. The largest absolute Gasteiger partial charge is 0.496 e. The van der Waals surface area contributed by atoms with Gasteiger partial charge in [-0.25, -0.2) is 0 Å². The normalized spacial score (nSPS) is 12.3. The molecule has 1 nitrogen and oxygen atoms in total. The quantitative estimate of drug-likeness (QED) is 0.626. The minimum Gasteiger partial charge on any atom is -0.496 e. The smallest absolute Gasteiger partial charge is 0.123 e. The number of methoxy groups -OCH3 is 1. The first-order valence-electron chi connectivity index (χ1n) is 5.46. The molecule has 2 rings (SSSR count). The molecule has 0 aromatic heterocycles. The van der Waals surface area contributed by atoms with Crippen LogP contribution in [0.25, 0.3) is 0 Å². The molecule has 0 fully saturated rings. The fourth-order valence-electron chi connectivity index (χ4n) is 1.79. The van der Waals surface area contributed by atoms with Gasteiger partial charge in [-0.05, 0) is 29.8 Å². The molecule has 0 amide bonds. The molecule has 1 unspecified atom stereocenters. The second-order valence-electron chi connectivity index (χ2n) is 3.89. The number of alkyl halides is 1. The highest BCUT2D eigenvalue weighted by Gasteiger charge is 2.19. The molecular formula is C14H10Cl4O. The molecule has 2 aromatic rings. The van der Waals surface area contributed by atoms with Crippen LogP contribution in [-0.4, -0.2) is 7.11 Å². The number of hydrogen-bond acceptors (Lipinski definition) is 1. The molecule has 0 spiro atoms. The highest BCUT2D eigenvalue weighted by atomic mass is 35.5. The minimum atomic E-state index is -0.486. The third-order valence-electron chi connectivity index (χ3n) is 2.72. The van der Waals surface area contributed by atoms with Crippen LogP contribution in [0.2, 0.25) is 15.1 Å². The zero-order chi connectivity index (χ0) is 14.0. The van der Waals surface area contributed by atoms with Crippen LogP contribution in [0.5, 0.6) is 5.75 Å². The van der Waals surface area contributed by atoms with Gasteiger partial charge in [0.15, 0.2) is 0 Å². The average Bonchev–Trinajstić information content (AvgIpc) is 2.41. The van der Waals surface area contributed by atoms with Crippen LogP contribution in [0.1, 0.15) is 16.5 Å². The van der Waals surface area contributed by atoms with Crippen molar-refractivity contribution in [3.8, 4) is 5.75 Å². The molecule has 0 saturated heterocycles. The molecular weight excluding hydrogens is 326 g/mol. The molecule has 0 radical (unpaired) electrons. The summed E-state index contributed by atoms with van der Waals surface area (Å²) in [5.41, 5.74) is 1.47. The van der Waals surface area contributed by atoms with E-state index in [9.17, 15) is 0 Å². The van der Waals surface area contributed by atoms with Crippen molar-refractivity contribution in [3.63, 3.8) is 0 Å². The van der Waals surface area contributed by atoms with Gasteiger partial charge < -0.3 is 4.74 Å². The molecule has 0 aliphatic heterocycles. The third-order valence-corrected chi connectivity index (χ3v) is 4.26. The summed E-state index contributed by atoms with van der Waals surface area (Å²) in [6.07, 6.45) is 0. The SMILES string of the molecule is COc1ccc(Cl)cc1C(Cl)c1cccc(Cl)c1Cl. The van der Waals surface area contributed by atoms with E-state index in [1.165, 1.54) is 0 Å². The van der Waals surface area contributed by atoms with Crippen molar-refractivity contribution in [2.75, 3.05) is 7.11 Å².